The normalized spacial score (nSPS) is 19.2. The predicted molar refractivity (Wildman–Crippen MR) is 160 cm³/mol. The van der Waals surface area contributed by atoms with Crippen LogP contribution in [0.2, 0.25) is 0 Å². The first-order chi connectivity index (χ1) is 19.6. The van der Waals surface area contributed by atoms with E-state index in [1.54, 1.807) is 12.1 Å². The monoisotopic (exact) mass is 532 g/mol. The summed E-state index contributed by atoms with van der Waals surface area (Å²) < 4.78 is 25.0. The van der Waals surface area contributed by atoms with Crippen molar-refractivity contribution >= 4 is 17.6 Å². The number of halogens is 1. The van der Waals surface area contributed by atoms with Crippen molar-refractivity contribution in [3.63, 3.8) is 0 Å². The van der Waals surface area contributed by atoms with Crippen LogP contribution in [0.4, 0.5) is 15.8 Å². The molecule has 6 rings (SSSR count). The summed E-state index contributed by atoms with van der Waals surface area (Å²) in [6.45, 7) is 4.95. The zero-order valence-corrected chi connectivity index (χ0v) is 22.8. The maximum absolute atomic E-state index is 13.2. The van der Waals surface area contributed by atoms with E-state index in [-0.39, 0.29) is 11.9 Å². The summed E-state index contributed by atoms with van der Waals surface area (Å²) in [6, 6.07) is 27.6. The quantitative estimate of drug-likeness (QED) is 0.182. The molecule has 1 aliphatic carbocycles. The highest BCUT2D eigenvalue weighted by Gasteiger charge is 2.37. The van der Waals surface area contributed by atoms with Crippen LogP contribution in [0.15, 0.2) is 102 Å². The molecule has 4 aromatic carbocycles. The lowest BCUT2D eigenvalue weighted by molar-refractivity contribution is 0.269. The van der Waals surface area contributed by atoms with Crippen LogP contribution in [0.3, 0.4) is 0 Å². The highest BCUT2D eigenvalue weighted by Crippen LogP contribution is 2.50. The average Bonchev–Trinajstić information content (AvgIpc) is 3.47. The number of anilines is 1. The van der Waals surface area contributed by atoms with Gasteiger partial charge in [-0.25, -0.2) is 4.39 Å². The Kier molecular flexibility index (Phi) is 7.37. The second-order valence-electron chi connectivity index (χ2n) is 10.5. The summed E-state index contributed by atoms with van der Waals surface area (Å²) in [6.07, 6.45) is 7.64. The molecular formula is C35H33FN2O2. The van der Waals surface area contributed by atoms with Crippen molar-refractivity contribution in [2.24, 2.45) is 10.9 Å². The molecule has 0 spiro atoms. The largest absolute Gasteiger partial charge is 0.490 e. The number of hydrogen-bond donors (Lipinski definition) is 1. The Balaban J connectivity index is 1.15. The smallest absolute Gasteiger partial charge is 0.161 e. The number of ether oxygens (including phenoxy) is 2. The Hall–Kier alpha value is -4.38. The molecule has 3 atom stereocenters. The molecule has 0 unspecified atom stereocenters. The van der Waals surface area contributed by atoms with Crippen molar-refractivity contribution in [2.75, 3.05) is 11.9 Å². The van der Waals surface area contributed by atoms with Crippen LogP contribution in [0.5, 0.6) is 11.5 Å². The summed E-state index contributed by atoms with van der Waals surface area (Å²) in [4.78, 5) is 4.72. The Labute approximate surface area is 235 Å². The van der Waals surface area contributed by atoms with E-state index in [1.165, 1.54) is 34.5 Å². The van der Waals surface area contributed by atoms with Gasteiger partial charge in [0.15, 0.2) is 11.5 Å². The molecule has 4 aromatic rings. The Morgan fingerprint density at radius 2 is 1.75 bits per heavy atom. The SMILES string of the molecule is CCOc1cc(C=Nc2ccc([C@@H]3Nc4ccc(C)cc4[C@H]4C=CC[C@@H]43)cc2)ccc1OCc1ccc(F)cc1. The van der Waals surface area contributed by atoms with E-state index < -0.39 is 0 Å². The molecule has 0 fully saturated rings. The Morgan fingerprint density at radius 1 is 0.925 bits per heavy atom. The van der Waals surface area contributed by atoms with Crippen LogP contribution in [-0.2, 0) is 6.61 Å². The molecule has 0 saturated carbocycles. The predicted octanol–water partition coefficient (Wildman–Crippen LogP) is 8.69. The lowest BCUT2D eigenvalue weighted by atomic mass is 9.76. The number of nitrogens with one attached hydrogen (secondary N) is 1. The molecular weight excluding hydrogens is 499 g/mol. The van der Waals surface area contributed by atoms with Crippen molar-refractivity contribution < 1.29 is 13.9 Å². The number of allylic oxidation sites excluding steroid dienone is 2. The van der Waals surface area contributed by atoms with Crippen LogP contribution in [-0.4, -0.2) is 12.8 Å². The Bertz CT molecular complexity index is 1540. The molecule has 202 valence electrons. The van der Waals surface area contributed by atoms with E-state index in [0.29, 0.717) is 36.5 Å². The summed E-state index contributed by atoms with van der Waals surface area (Å²) >= 11 is 0. The third kappa shape index (κ3) is 5.50. The van der Waals surface area contributed by atoms with Gasteiger partial charge in [0.1, 0.15) is 12.4 Å². The minimum atomic E-state index is -0.261. The van der Waals surface area contributed by atoms with Gasteiger partial charge in [0.05, 0.1) is 18.3 Å². The van der Waals surface area contributed by atoms with E-state index in [9.17, 15) is 4.39 Å². The van der Waals surface area contributed by atoms with Crippen molar-refractivity contribution in [1.82, 2.24) is 0 Å². The minimum absolute atomic E-state index is 0.261. The molecule has 1 N–H and O–H groups in total. The first-order valence-electron chi connectivity index (χ1n) is 13.9. The lowest BCUT2D eigenvalue weighted by Gasteiger charge is -2.37. The van der Waals surface area contributed by atoms with Crippen LogP contribution < -0.4 is 14.8 Å². The number of nitrogens with zero attached hydrogens (tertiary/aromatic N) is 1. The van der Waals surface area contributed by atoms with E-state index >= 15 is 0 Å². The summed E-state index contributed by atoms with van der Waals surface area (Å²) in [5.74, 6) is 2.01. The molecule has 0 saturated heterocycles. The number of benzene rings is 4. The van der Waals surface area contributed by atoms with Crippen LogP contribution in [0, 0.1) is 18.7 Å². The molecule has 0 bridgehead atoms. The van der Waals surface area contributed by atoms with E-state index in [1.807, 2.05) is 31.3 Å². The topological polar surface area (TPSA) is 42.8 Å². The molecule has 1 aliphatic heterocycles. The van der Waals surface area contributed by atoms with Gasteiger partial charge in [-0.15, -0.1) is 0 Å². The second-order valence-corrected chi connectivity index (χ2v) is 10.5. The van der Waals surface area contributed by atoms with Gasteiger partial charge in [0.2, 0.25) is 0 Å². The summed E-state index contributed by atoms with van der Waals surface area (Å²) in [5, 5.41) is 3.81. The van der Waals surface area contributed by atoms with Gasteiger partial charge in [-0.2, -0.15) is 0 Å². The molecule has 2 aliphatic rings. The van der Waals surface area contributed by atoms with Gasteiger partial charge in [0.25, 0.3) is 0 Å². The first kappa shape index (κ1) is 25.9. The lowest BCUT2D eigenvalue weighted by Crippen LogP contribution is -2.29. The molecule has 1 heterocycles. The third-order valence-corrected chi connectivity index (χ3v) is 7.71. The number of fused-ring (bicyclic) bond motifs is 3. The maximum Gasteiger partial charge on any atom is 0.161 e. The van der Waals surface area contributed by atoms with Gasteiger partial charge in [0, 0.05) is 17.8 Å². The fraction of sp³-hybridized carbons (Fsp3) is 0.229. The molecule has 40 heavy (non-hydrogen) atoms. The zero-order chi connectivity index (χ0) is 27.5. The van der Waals surface area contributed by atoms with Gasteiger partial charge in [-0.3, -0.25) is 4.99 Å². The van der Waals surface area contributed by atoms with Crippen LogP contribution in [0.1, 0.15) is 53.1 Å². The van der Waals surface area contributed by atoms with Crippen molar-refractivity contribution in [3.8, 4) is 11.5 Å². The van der Waals surface area contributed by atoms with E-state index in [0.717, 1.165) is 23.2 Å². The number of rotatable bonds is 8. The second kappa shape index (κ2) is 11.4. The number of aliphatic imine (C=N–C) groups is 1. The number of aryl methyl sites for hydroxylation is 1. The van der Waals surface area contributed by atoms with Crippen molar-refractivity contribution in [1.29, 1.82) is 0 Å². The highest BCUT2D eigenvalue weighted by molar-refractivity contribution is 5.83. The van der Waals surface area contributed by atoms with Gasteiger partial charge < -0.3 is 14.8 Å². The fourth-order valence-electron chi connectivity index (χ4n) is 5.69. The van der Waals surface area contributed by atoms with Crippen molar-refractivity contribution in [3.05, 3.63) is 131 Å². The third-order valence-electron chi connectivity index (χ3n) is 7.71. The average molecular weight is 533 g/mol. The first-order valence-corrected chi connectivity index (χ1v) is 13.9. The van der Waals surface area contributed by atoms with Crippen molar-refractivity contribution in [2.45, 2.75) is 38.8 Å². The standard InChI is InChI=1S/C35H33FN2O2/c1-3-39-34-20-25(10-18-33(34)40-22-24-8-13-27(36)14-9-24)21-37-28-15-11-26(12-16-28)35-30-6-4-5-29(30)31-19-23(2)7-17-32(31)38-35/h4-5,7-21,29-30,35,38H,3,6,22H2,1-2H3/t29-,30-,35-/m0/s1. The summed E-state index contributed by atoms with van der Waals surface area (Å²) in [5.41, 5.74) is 7.94. The summed E-state index contributed by atoms with van der Waals surface area (Å²) in [7, 11) is 0. The van der Waals surface area contributed by atoms with E-state index in [2.05, 4.69) is 66.9 Å². The van der Waals surface area contributed by atoms with Crippen LogP contribution >= 0.6 is 0 Å². The van der Waals surface area contributed by atoms with Gasteiger partial charge in [-0.1, -0.05) is 54.1 Å². The molecule has 0 radical (unpaired) electrons. The van der Waals surface area contributed by atoms with Gasteiger partial charge >= 0.3 is 0 Å². The maximum atomic E-state index is 13.2. The highest BCUT2D eigenvalue weighted by atomic mass is 19.1. The number of hydrogen-bond acceptors (Lipinski definition) is 4. The minimum Gasteiger partial charge on any atom is -0.490 e. The van der Waals surface area contributed by atoms with Gasteiger partial charge in [-0.05, 0) is 97.0 Å². The zero-order valence-electron chi connectivity index (χ0n) is 22.8. The molecule has 4 nitrogen and oxygen atoms in total. The Morgan fingerprint density at radius 3 is 2.55 bits per heavy atom. The fourth-order valence-corrected chi connectivity index (χ4v) is 5.69. The van der Waals surface area contributed by atoms with Crippen LogP contribution in [0.25, 0.3) is 0 Å². The molecule has 0 aromatic heterocycles. The van der Waals surface area contributed by atoms with E-state index in [4.69, 9.17) is 14.5 Å². The molecule has 5 heteroatoms. The molecule has 0 amide bonds.